The van der Waals surface area contributed by atoms with E-state index in [1.165, 1.54) is 58.8 Å². The smallest absolute Gasteiger partial charge is 0.367 e. The Labute approximate surface area is 716 Å². The third-order valence-electron chi connectivity index (χ3n) is 25.7. The molecule has 19 rings (SSSR count). The summed E-state index contributed by atoms with van der Waals surface area (Å²) in [5, 5.41) is -2.05. The molecule has 16 amide bonds. The predicted octanol–water partition coefficient (Wildman–Crippen LogP) is 11.1. The van der Waals surface area contributed by atoms with E-state index in [4.69, 9.17) is 37.9 Å². The van der Waals surface area contributed by atoms with Crippen molar-refractivity contribution in [1.82, 2.24) is 78.4 Å². The summed E-state index contributed by atoms with van der Waals surface area (Å²) in [7, 11) is 0. The monoisotopic (exact) mass is 1740 g/mol. The van der Waals surface area contributed by atoms with Gasteiger partial charge in [0, 0.05) is 45.3 Å². The van der Waals surface area contributed by atoms with Gasteiger partial charge in [-0.2, -0.15) is 0 Å². The second kappa shape index (κ2) is 31.1. The molecule has 0 saturated carbocycles. The van der Waals surface area contributed by atoms with Gasteiger partial charge in [0.2, 0.25) is 0 Å². The van der Waals surface area contributed by atoms with Gasteiger partial charge in [-0.1, -0.05) is 121 Å². The molecule has 122 heavy (non-hydrogen) atoms. The van der Waals surface area contributed by atoms with Gasteiger partial charge in [0.05, 0.1) is 52.6 Å². The second-order valence-electron chi connectivity index (χ2n) is 31.6. The first-order valence-electron chi connectivity index (χ1n) is 39.8. The van der Waals surface area contributed by atoms with Crippen LogP contribution in [0.15, 0.2) is 146 Å². The van der Waals surface area contributed by atoms with Crippen molar-refractivity contribution in [2.75, 3.05) is 89.5 Å². The number of nitrogens with zero attached hydrogens (tertiary/aromatic N) is 16. The number of carbonyl (C=O) groups is 12. The number of amides is 16. The number of fused-ring (bicyclic) bond motifs is 2. The maximum atomic E-state index is 16.0. The van der Waals surface area contributed by atoms with Crippen LogP contribution >= 0.6 is 47.0 Å². The lowest BCUT2D eigenvalue weighted by Gasteiger charge is -2.49. The normalized spacial score (nSPS) is 25.2. The van der Waals surface area contributed by atoms with E-state index in [0.717, 1.165) is 69.3 Å². The van der Waals surface area contributed by atoms with E-state index in [2.05, 4.69) is 0 Å². The van der Waals surface area contributed by atoms with Gasteiger partial charge in [0.15, 0.2) is 47.3 Å². The number of carbonyl (C=O) groups excluding carboxylic acids is 12. The summed E-state index contributed by atoms with van der Waals surface area (Å²) in [5.41, 5.74) is -1.27. The molecule has 0 aromatic heterocycles. The lowest BCUT2D eigenvalue weighted by molar-refractivity contribution is -0.0871. The minimum Gasteiger partial charge on any atom is -0.492 e. The quantitative estimate of drug-likeness (QED) is 0.0309. The van der Waals surface area contributed by atoms with Crippen LogP contribution < -0.4 is 18.9 Å². The SMILES string of the molecule is CC12N3Cc4c(OCCSC(=O)OCc5ccccc5)ccc(OCCSC(=O)OCc5ccccc5)c4CN1C(=O)N1CN4C(=O)N5CN6C(=O)N7CN8C(=O)N9Cc%10c(OCCSC(=O)OCc%11ccccc%11)ccc(OCCSC(=O)OCc%11ccccc%11)c%10CN%10C(=O)N(CN%11C(=O)N(CN%12C(=O)N(CN(C3=O)C12C)C4C%125)C6C%117)C8(C)C%109C. The van der Waals surface area contributed by atoms with Crippen LogP contribution in [0, 0.1) is 0 Å². The number of thioether (sulfide) groups is 4. The molecule has 0 aliphatic carbocycles. The van der Waals surface area contributed by atoms with Crippen LogP contribution in [0.2, 0.25) is 0 Å². The van der Waals surface area contributed by atoms with Gasteiger partial charge in [0.25, 0.3) is 0 Å². The molecule has 636 valence electrons. The van der Waals surface area contributed by atoms with Crippen LogP contribution in [-0.2, 0) is 71.6 Å². The van der Waals surface area contributed by atoms with Crippen LogP contribution in [0.5, 0.6) is 23.0 Å². The van der Waals surface area contributed by atoms with Gasteiger partial charge in [-0.25, -0.2) is 57.5 Å². The molecule has 0 bridgehead atoms. The van der Waals surface area contributed by atoms with Crippen LogP contribution in [0.3, 0.4) is 0 Å². The number of hydrogen-bond acceptors (Lipinski definition) is 24. The molecule has 6 aromatic carbocycles. The fourth-order valence-corrected chi connectivity index (χ4v) is 21.2. The van der Waals surface area contributed by atoms with E-state index in [1.807, 2.05) is 121 Å². The summed E-state index contributed by atoms with van der Waals surface area (Å²) in [6.07, 6.45) is -4.95. The minimum atomic E-state index is -1.66. The molecule has 0 atom stereocenters. The molecule has 11 fully saturated rings. The lowest BCUT2D eigenvalue weighted by atomic mass is 9.95. The third kappa shape index (κ3) is 12.7. The Hall–Kier alpha value is -12.0. The Balaban J connectivity index is 0.589. The zero-order chi connectivity index (χ0) is 84.4. The number of benzene rings is 6. The molecule has 13 aliphatic heterocycles. The molecule has 40 heteroatoms. The zero-order valence-corrected chi connectivity index (χ0v) is 69.9. The summed E-state index contributed by atoms with van der Waals surface area (Å²) >= 11 is 3.70. The predicted molar refractivity (Wildman–Crippen MR) is 437 cm³/mol. The number of ether oxygens (including phenoxy) is 8. The van der Waals surface area contributed by atoms with Gasteiger partial charge in [-0.15, -0.1) is 0 Å². The maximum Gasteiger partial charge on any atom is 0.367 e. The molecule has 11 saturated heterocycles. The topological polar surface area (TPSA) is 331 Å². The van der Waals surface area contributed by atoms with Crippen molar-refractivity contribution in [2.24, 2.45) is 0 Å². The zero-order valence-electron chi connectivity index (χ0n) is 66.7. The van der Waals surface area contributed by atoms with E-state index < -0.39 is 157 Å². The van der Waals surface area contributed by atoms with Gasteiger partial charge in [0.1, 0.15) is 89.4 Å². The standard InChI is InChI=1S/C82H84N16O20S4/c1-79-81(3)95-47-87-65-63-83(67(87)99)45-85-64-66-89(69(85)101)49-97-73(105)93-39-57-58(62(114-32-36-122-78(110)118-44-54-23-15-8-16-24-54)28-27-61(57)113-31-35-121-77(109)117-43-53-21-13-7-14-22-53)40-94-74(106)98(82(97,4)80(93,94)2)50-90(66)70(102)86(64)46-84(63)68(100)88(65)48-96(81)72(104)92(79)38-56-55(37-91(79)71(95)103)59(111-29-33-119-75(107)115-41-51-17-9-5-10-18-51)25-26-60(56)112-30-34-120-76(108)116-42-52-19-11-6-12-20-52/h5-28,63-66H,29-50H2,1-4H3. The highest BCUT2D eigenvalue weighted by Crippen LogP contribution is 2.60. The van der Waals surface area contributed by atoms with Crippen LogP contribution in [0.1, 0.15) is 72.2 Å². The Morgan fingerprint density at radius 2 is 0.475 bits per heavy atom. The van der Waals surface area contributed by atoms with Crippen molar-refractivity contribution in [1.29, 1.82) is 0 Å². The Morgan fingerprint density at radius 3 is 0.689 bits per heavy atom. The first kappa shape index (κ1) is 79.7. The highest BCUT2D eigenvalue weighted by molar-refractivity contribution is 8.14. The first-order valence-corrected chi connectivity index (χ1v) is 43.8. The van der Waals surface area contributed by atoms with Gasteiger partial charge < -0.3 is 37.9 Å². The fraction of sp³-hybridized carbons (Fsp3) is 0.415. The molecular formula is C82H84N16O20S4. The maximum absolute atomic E-state index is 16.0. The van der Waals surface area contributed by atoms with Crippen molar-refractivity contribution >= 4 is 117 Å². The van der Waals surface area contributed by atoms with E-state index in [-0.39, 0.29) is 102 Å². The van der Waals surface area contributed by atoms with Crippen molar-refractivity contribution in [3.8, 4) is 23.0 Å². The highest BCUT2D eigenvalue weighted by Gasteiger charge is 2.80. The molecule has 13 heterocycles. The number of urea groups is 8. The van der Waals surface area contributed by atoms with Crippen LogP contribution in [-0.4, -0.2) is 285 Å². The molecular weight excluding hydrogens is 1660 g/mol. The molecule has 0 unspecified atom stereocenters. The summed E-state index contributed by atoms with van der Waals surface area (Å²) in [6.45, 7) is 3.69. The van der Waals surface area contributed by atoms with Crippen molar-refractivity contribution in [3.63, 3.8) is 0 Å². The Kier molecular flexibility index (Phi) is 20.3. The van der Waals surface area contributed by atoms with E-state index in [0.29, 0.717) is 45.3 Å². The highest BCUT2D eigenvalue weighted by atomic mass is 32.2. The Bertz CT molecular complexity index is 4670. The minimum absolute atomic E-state index is 0.0115. The molecule has 0 spiro atoms. The summed E-state index contributed by atoms with van der Waals surface area (Å²) in [4.78, 5) is 203. The average molecular weight is 1740 g/mol. The van der Waals surface area contributed by atoms with E-state index >= 15 is 38.4 Å². The number of hydrogen-bond donors (Lipinski definition) is 0. The largest absolute Gasteiger partial charge is 0.492 e. The first-order chi connectivity index (χ1) is 59.0. The lowest BCUT2D eigenvalue weighted by Crippen LogP contribution is -2.69. The van der Waals surface area contributed by atoms with Gasteiger partial charge in [-0.05, 0) is 121 Å². The summed E-state index contributed by atoms with van der Waals surface area (Å²) < 4.78 is 48.0. The summed E-state index contributed by atoms with van der Waals surface area (Å²) in [5.74, 6) is 1.99. The molecule has 36 nitrogen and oxygen atoms in total. The van der Waals surface area contributed by atoms with Gasteiger partial charge >= 0.3 is 69.5 Å². The van der Waals surface area contributed by atoms with Crippen LogP contribution in [0.25, 0.3) is 0 Å². The summed E-state index contributed by atoms with van der Waals surface area (Å²) in [6, 6.07) is 38.7. The second-order valence-corrected chi connectivity index (χ2v) is 35.7. The van der Waals surface area contributed by atoms with Crippen LogP contribution in [0.4, 0.5) is 57.5 Å². The third-order valence-corrected chi connectivity index (χ3v) is 28.6. The molecule has 6 aromatic rings. The fourth-order valence-electron chi connectivity index (χ4n) is 19.3. The van der Waals surface area contributed by atoms with E-state index in [9.17, 15) is 19.2 Å². The number of rotatable bonds is 24. The van der Waals surface area contributed by atoms with Crippen molar-refractivity contribution < 1.29 is 95.4 Å². The molecule has 0 radical (unpaired) electrons. The molecule has 0 N–H and O–H groups in total. The Morgan fingerprint density at radius 1 is 0.279 bits per heavy atom. The molecule has 13 aliphatic rings. The average Bonchev–Trinajstić information content (AvgIpc) is 1.49. The van der Waals surface area contributed by atoms with Crippen molar-refractivity contribution in [2.45, 2.75) is 128 Å². The van der Waals surface area contributed by atoms with Crippen molar-refractivity contribution in [3.05, 3.63) is 190 Å². The van der Waals surface area contributed by atoms with Gasteiger partial charge in [-0.3, -0.25) is 78.4 Å². The van der Waals surface area contributed by atoms with E-state index in [1.54, 1.807) is 71.6 Å².